The topological polar surface area (TPSA) is 0 Å². The standard InChI is InChI=1S/C11H18S/c1-5-9-12-10-7-6-8-11(2,3)4/h7,10H,5,9H2,1-4H3/b10-7+. The van der Waals surface area contributed by atoms with Crippen molar-refractivity contribution >= 4 is 11.8 Å². The minimum Gasteiger partial charge on any atom is -0.133 e. The van der Waals surface area contributed by atoms with E-state index in [0.29, 0.717) is 0 Å². The van der Waals surface area contributed by atoms with Gasteiger partial charge in [0.1, 0.15) is 0 Å². The Kier molecular flexibility index (Phi) is 6.02. The molecule has 0 fully saturated rings. The van der Waals surface area contributed by atoms with E-state index in [-0.39, 0.29) is 5.41 Å². The Labute approximate surface area is 80.8 Å². The molecule has 0 aliphatic carbocycles. The van der Waals surface area contributed by atoms with Crippen molar-refractivity contribution in [3.63, 3.8) is 0 Å². The molecule has 12 heavy (non-hydrogen) atoms. The van der Waals surface area contributed by atoms with Crippen molar-refractivity contribution in [2.24, 2.45) is 5.41 Å². The fourth-order valence-corrected chi connectivity index (χ4v) is 1.06. The largest absolute Gasteiger partial charge is 0.133 e. The second-order valence-corrected chi connectivity index (χ2v) is 4.71. The Hall–Kier alpha value is -0.350. The van der Waals surface area contributed by atoms with Crippen LogP contribution in [0.5, 0.6) is 0 Å². The van der Waals surface area contributed by atoms with E-state index in [2.05, 4.69) is 44.9 Å². The van der Waals surface area contributed by atoms with Crippen molar-refractivity contribution in [2.75, 3.05) is 5.75 Å². The molecule has 0 radical (unpaired) electrons. The molecule has 0 aromatic heterocycles. The Balaban J connectivity index is 3.63. The summed E-state index contributed by atoms with van der Waals surface area (Å²) in [6, 6.07) is 0. The zero-order valence-electron chi connectivity index (χ0n) is 8.48. The summed E-state index contributed by atoms with van der Waals surface area (Å²) in [6.07, 6.45) is 3.16. The van der Waals surface area contributed by atoms with E-state index >= 15 is 0 Å². The SMILES string of the molecule is CCCS/C=C/C#CC(C)(C)C. The Morgan fingerprint density at radius 1 is 1.33 bits per heavy atom. The molecule has 0 heterocycles. The van der Waals surface area contributed by atoms with E-state index in [9.17, 15) is 0 Å². The van der Waals surface area contributed by atoms with Crippen LogP contribution < -0.4 is 0 Å². The van der Waals surface area contributed by atoms with Crippen LogP contribution in [-0.4, -0.2) is 5.75 Å². The van der Waals surface area contributed by atoms with Crippen LogP contribution in [0.1, 0.15) is 34.1 Å². The van der Waals surface area contributed by atoms with Crippen LogP contribution in [0.2, 0.25) is 0 Å². The highest BCUT2D eigenvalue weighted by Crippen LogP contribution is 2.09. The van der Waals surface area contributed by atoms with Gasteiger partial charge in [-0.3, -0.25) is 0 Å². The first-order valence-electron chi connectivity index (χ1n) is 4.35. The molecule has 0 saturated carbocycles. The van der Waals surface area contributed by atoms with Gasteiger partial charge in [-0.15, -0.1) is 11.8 Å². The van der Waals surface area contributed by atoms with Gasteiger partial charge in [0.2, 0.25) is 0 Å². The third-order valence-corrected chi connectivity index (χ3v) is 1.99. The van der Waals surface area contributed by atoms with Crippen LogP contribution in [0.4, 0.5) is 0 Å². The summed E-state index contributed by atoms with van der Waals surface area (Å²) in [6.45, 7) is 8.54. The number of hydrogen-bond acceptors (Lipinski definition) is 1. The maximum Gasteiger partial charge on any atom is 0.0233 e. The molecule has 0 aromatic rings. The summed E-state index contributed by atoms with van der Waals surface area (Å²) >= 11 is 1.82. The molecule has 0 spiro atoms. The number of rotatable bonds is 3. The molecule has 0 bridgehead atoms. The maximum atomic E-state index is 3.15. The maximum absolute atomic E-state index is 3.15. The van der Waals surface area contributed by atoms with Crippen LogP contribution in [0, 0.1) is 17.3 Å². The Bertz CT molecular complexity index is 185. The smallest absolute Gasteiger partial charge is 0.0233 e. The minimum absolute atomic E-state index is 0.125. The summed E-state index contributed by atoms with van der Waals surface area (Å²) in [5.41, 5.74) is 0.125. The van der Waals surface area contributed by atoms with Gasteiger partial charge in [0.05, 0.1) is 0 Å². The van der Waals surface area contributed by atoms with E-state index < -0.39 is 0 Å². The monoisotopic (exact) mass is 182 g/mol. The molecule has 0 amide bonds. The Morgan fingerprint density at radius 3 is 2.50 bits per heavy atom. The molecule has 0 N–H and O–H groups in total. The van der Waals surface area contributed by atoms with Gasteiger partial charge in [0, 0.05) is 5.41 Å². The fourth-order valence-electron chi connectivity index (χ4n) is 0.526. The molecule has 0 unspecified atom stereocenters. The van der Waals surface area contributed by atoms with Gasteiger partial charge in [0.15, 0.2) is 0 Å². The van der Waals surface area contributed by atoms with E-state index in [1.165, 1.54) is 12.2 Å². The molecule has 68 valence electrons. The number of allylic oxidation sites excluding steroid dienone is 1. The van der Waals surface area contributed by atoms with E-state index in [1.54, 1.807) is 0 Å². The van der Waals surface area contributed by atoms with Crippen LogP contribution in [0.25, 0.3) is 0 Å². The van der Waals surface area contributed by atoms with E-state index in [1.807, 2.05) is 17.8 Å². The predicted molar refractivity (Wildman–Crippen MR) is 59.1 cm³/mol. The molecular weight excluding hydrogens is 164 g/mol. The fraction of sp³-hybridized carbons (Fsp3) is 0.636. The van der Waals surface area contributed by atoms with Crippen LogP contribution in [0.15, 0.2) is 11.5 Å². The number of hydrogen-bond donors (Lipinski definition) is 0. The second-order valence-electron chi connectivity index (χ2n) is 3.69. The summed E-state index contributed by atoms with van der Waals surface area (Å²) in [5, 5.41) is 2.07. The molecule has 0 rings (SSSR count). The summed E-state index contributed by atoms with van der Waals surface area (Å²) in [4.78, 5) is 0. The Morgan fingerprint density at radius 2 is 2.00 bits per heavy atom. The number of thioether (sulfide) groups is 1. The molecule has 1 heteroatoms. The molecule has 0 aliphatic heterocycles. The lowest BCUT2D eigenvalue weighted by molar-refractivity contribution is 0.571. The highest BCUT2D eigenvalue weighted by atomic mass is 32.2. The second kappa shape index (κ2) is 6.20. The van der Waals surface area contributed by atoms with Crippen molar-refractivity contribution in [3.05, 3.63) is 11.5 Å². The molecule has 0 aliphatic rings. The molecule has 0 saturated heterocycles. The quantitative estimate of drug-likeness (QED) is 0.474. The van der Waals surface area contributed by atoms with Crippen molar-refractivity contribution in [1.82, 2.24) is 0 Å². The van der Waals surface area contributed by atoms with Crippen LogP contribution in [0.3, 0.4) is 0 Å². The first-order chi connectivity index (χ1) is 5.56. The van der Waals surface area contributed by atoms with Gasteiger partial charge in [-0.1, -0.05) is 18.8 Å². The summed E-state index contributed by atoms with van der Waals surface area (Å²) in [5.74, 6) is 7.37. The van der Waals surface area contributed by atoms with Gasteiger partial charge in [0.25, 0.3) is 0 Å². The molecular formula is C11H18S. The van der Waals surface area contributed by atoms with Crippen LogP contribution in [-0.2, 0) is 0 Å². The first kappa shape index (κ1) is 11.6. The average Bonchev–Trinajstić information content (AvgIpc) is 1.94. The normalized spacial score (nSPS) is 11.3. The average molecular weight is 182 g/mol. The van der Waals surface area contributed by atoms with Gasteiger partial charge >= 0.3 is 0 Å². The highest BCUT2D eigenvalue weighted by molar-refractivity contribution is 8.02. The third-order valence-electron chi connectivity index (χ3n) is 1.02. The van der Waals surface area contributed by atoms with Gasteiger partial charge in [-0.2, -0.15) is 0 Å². The lowest BCUT2D eigenvalue weighted by atomic mass is 9.98. The highest BCUT2D eigenvalue weighted by Gasteiger charge is 2.01. The van der Waals surface area contributed by atoms with E-state index in [0.717, 1.165) is 0 Å². The minimum atomic E-state index is 0.125. The van der Waals surface area contributed by atoms with Gasteiger partial charge in [-0.25, -0.2) is 0 Å². The molecule has 0 aromatic carbocycles. The van der Waals surface area contributed by atoms with Crippen molar-refractivity contribution in [1.29, 1.82) is 0 Å². The molecule has 0 atom stereocenters. The third kappa shape index (κ3) is 9.65. The van der Waals surface area contributed by atoms with Crippen molar-refractivity contribution < 1.29 is 0 Å². The van der Waals surface area contributed by atoms with Crippen molar-refractivity contribution in [3.8, 4) is 11.8 Å². The predicted octanol–water partition coefficient (Wildman–Crippen LogP) is 3.69. The summed E-state index contributed by atoms with van der Waals surface area (Å²) in [7, 11) is 0. The zero-order valence-corrected chi connectivity index (χ0v) is 9.29. The lowest BCUT2D eigenvalue weighted by Crippen LogP contribution is -1.98. The van der Waals surface area contributed by atoms with E-state index in [4.69, 9.17) is 0 Å². The molecule has 0 nitrogen and oxygen atoms in total. The lowest BCUT2D eigenvalue weighted by Gasteiger charge is -2.05. The zero-order chi connectivity index (χ0) is 9.45. The van der Waals surface area contributed by atoms with Gasteiger partial charge < -0.3 is 0 Å². The van der Waals surface area contributed by atoms with Gasteiger partial charge in [-0.05, 0) is 44.4 Å². The van der Waals surface area contributed by atoms with Crippen LogP contribution >= 0.6 is 11.8 Å². The first-order valence-corrected chi connectivity index (χ1v) is 5.40. The van der Waals surface area contributed by atoms with Crippen molar-refractivity contribution in [2.45, 2.75) is 34.1 Å². The summed E-state index contributed by atoms with van der Waals surface area (Å²) < 4.78 is 0.